The summed E-state index contributed by atoms with van der Waals surface area (Å²) in [6.07, 6.45) is 8.39. The second-order valence-corrected chi connectivity index (χ2v) is 6.13. The van der Waals surface area contributed by atoms with Crippen molar-refractivity contribution in [3.63, 3.8) is 0 Å². The number of aromatic nitrogens is 2. The molecule has 1 aromatic heterocycles. The van der Waals surface area contributed by atoms with Crippen LogP contribution in [0.2, 0.25) is 0 Å². The first kappa shape index (κ1) is 12.7. The van der Waals surface area contributed by atoms with Crippen molar-refractivity contribution in [2.24, 2.45) is 0 Å². The number of nitrogens with zero attached hydrogens (tertiary/aromatic N) is 2. The number of nitrogen functional groups attached to an aromatic ring is 1. The molecule has 0 bridgehead atoms. The summed E-state index contributed by atoms with van der Waals surface area (Å²) in [5.41, 5.74) is 8.86. The van der Waals surface area contributed by atoms with E-state index in [0.29, 0.717) is 6.04 Å². The molecule has 1 aliphatic rings. The zero-order valence-corrected chi connectivity index (χ0v) is 12.4. The van der Waals surface area contributed by atoms with Crippen LogP contribution in [0.15, 0.2) is 34.9 Å². The Labute approximate surface area is 121 Å². The lowest BCUT2D eigenvalue weighted by atomic mass is 9.96. The van der Waals surface area contributed by atoms with Gasteiger partial charge in [0.05, 0.1) is 11.7 Å². The van der Waals surface area contributed by atoms with Crippen LogP contribution >= 0.6 is 15.9 Å². The Morgan fingerprint density at radius 1 is 1.21 bits per heavy atom. The zero-order chi connectivity index (χ0) is 13.2. The summed E-state index contributed by atoms with van der Waals surface area (Å²) < 4.78 is 3.13. The third-order valence-corrected chi connectivity index (χ3v) is 4.30. The van der Waals surface area contributed by atoms with Gasteiger partial charge in [-0.3, -0.25) is 4.68 Å². The van der Waals surface area contributed by atoms with Crippen molar-refractivity contribution in [2.45, 2.75) is 38.1 Å². The molecule has 0 atom stereocenters. The Hall–Kier alpha value is -1.29. The molecule has 0 spiro atoms. The summed E-state index contributed by atoms with van der Waals surface area (Å²) in [4.78, 5) is 0. The molecule has 0 radical (unpaired) electrons. The van der Waals surface area contributed by atoms with Crippen LogP contribution in [0.1, 0.15) is 38.1 Å². The molecule has 3 rings (SSSR count). The molecule has 0 amide bonds. The molecule has 100 valence electrons. The largest absolute Gasteiger partial charge is 0.396 e. The van der Waals surface area contributed by atoms with Crippen LogP contribution < -0.4 is 5.73 Å². The molecule has 0 saturated heterocycles. The van der Waals surface area contributed by atoms with Crippen LogP contribution in [0.3, 0.4) is 0 Å². The van der Waals surface area contributed by atoms with Gasteiger partial charge in [0.15, 0.2) is 0 Å². The minimum absolute atomic E-state index is 0.525. The van der Waals surface area contributed by atoms with E-state index in [0.717, 1.165) is 21.4 Å². The maximum Gasteiger partial charge on any atom is 0.115 e. The second kappa shape index (κ2) is 5.37. The van der Waals surface area contributed by atoms with Crippen LogP contribution in [-0.4, -0.2) is 9.78 Å². The molecule has 0 unspecified atom stereocenters. The topological polar surface area (TPSA) is 43.8 Å². The summed E-state index contributed by atoms with van der Waals surface area (Å²) in [6.45, 7) is 0. The maximum absolute atomic E-state index is 6.13. The monoisotopic (exact) mass is 319 g/mol. The molecule has 2 N–H and O–H groups in total. The van der Waals surface area contributed by atoms with Crippen LogP contribution in [0.4, 0.5) is 5.69 Å². The number of hydrogen-bond donors (Lipinski definition) is 1. The molecule has 3 nitrogen and oxygen atoms in total. The summed E-state index contributed by atoms with van der Waals surface area (Å²) in [5.74, 6) is 0. The first-order valence-corrected chi connectivity index (χ1v) is 7.64. The SMILES string of the molecule is Nc1cn(C2CCCCC2)nc1-c1cccc(Br)c1. The molecule has 0 aliphatic heterocycles. The number of benzene rings is 1. The van der Waals surface area contributed by atoms with Gasteiger partial charge in [0, 0.05) is 16.2 Å². The minimum Gasteiger partial charge on any atom is -0.396 e. The zero-order valence-electron chi connectivity index (χ0n) is 10.8. The van der Waals surface area contributed by atoms with Crippen molar-refractivity contribution >= 4 is 21.6 Å². The smallest absolute Gasteiger partial charge is 0.115 e. The number of nitrogens with two attached hydrogens (primary N) is 1. The van der Waals surface area contributed by atoms with Crippen LogP contribution in [0.5, 0.6) is 0 Å². The molecular weight excluding hydrogens is 302 g/mol. The Balaban J connectivity index is 1.92. The molecule has 1 saturated carbocycles. The van der Waals surface area contributed by atoms with Crippen LogP contribution in [0, 0.1) is 0 Å². The first-order valence-electron chi connectivity index (χ1n) is 6.84. The molecule has 2 aromatic rings. The van der Waals surface area contributed by atoms with E-state index in [4.69, 9.17) is 10.8 Å². The highest BCUT2D eigenvalue weighted by molar-refractivity contribution is 9.10. The van der Waals surface area contributed by atoms with Gasteiger partial charge in [-0.05, 0) is 25.0 Å². The van der Waals surface area contributed by atoms with E-state index in [9.17, 15) is 0 Å². The van der Waals surface area contributed by atoms with Crippen molar-refractivity contribution < 1.29 is 0 Å². The lowest BCUT2D eigenvalue weighted by Gasteiger charge is -2.21. The third kappa shape index (κ3) is 2.68. The molecule has 1 fully saturated rings. The average molecular weight is 320 g/mol. The summed E-state index contributed by atoms with van der Waals surface area (Å²) in [6, 6.07) is 8.66. The summed E-state index contributed by atoms with van der Waals surface area (Å²) >= 11 is 3.49. The van der Waals surface area contributed by atoms with Crippen molar-refractivity contribution in [1.82, 2.24) is 9.78 Å². The van der Waals surface area contributed by atoms with E-state index in [1.807, 2.05) is 18.3 Å². The van der Waals surface area contributed by atoms with Crippen LogP contribution in [-0.2, 0) is 0 Å². The molecule has 4 heteroatoms. The Bertz CT molecular complexity index is 571. The van der Waals surface area contributed by atoms with Crippen molar-refractivity contribution in [3.8, 4) is 11.3 Å². The summed E-state index contributed by atoms with van der Waals surface area (Å²) in [7, 11) is 0. The third-order valence-electron chi connectivity index (χ3n) is 3.81. The minimum atomic E-state index is 0.525. The predicted octanol–water partition coefficient (Wildman–Crippen LogP) is 4.40. The van der Waals surface area contributed by atoms with Gasteiger partial charge in [-0.1, -0.05) is 47.3 Å². The van der Waals surface area contributed by atoms with Crippen LogP contribution in [0.25, 0.3) is 11.3 Å². The molecule has 1 aliphatic carbocycles. The van der Waals surface area contributed by atoms with Gasteiger partial charge in [-0.25, -0.2) is 0 Å². The highest BCUT2D eigenvalue weighted by Crippen LogP contribution is 2.32. The molecule has 19 heavy (non-hydrogen) atoms. The van der Waals surface area contributed by atoms with E-state index in [1.54, 1.807) is 0 Å². The molecular formula is C15H18BrN3. The van der Waals surface area contributed by atoms with Crippen molar-refractivity contribution in [2.75, 3.05) is 5.73 Å². The lowest BCUT2D eigenvalue weighted by Crippen LogP contribution is -2.13. The Morgan fingerprint density at radius 3 is 2.74 bits per heavy atom. The number of anilines is 1. The Morgan fingerprint density at radius 2 is 2.00 bits per heavy atom. The van der Waals surface area contributed by atoms with Gasteiger partial charge in [-0.15, -0.1) is 0 Å². The summed E-state index contributed by atoms with van der Waals surface area (Å²) in [5, 5.41) is 4.72. The number of halogens is 1. The van der Waals surface area contributed by atoms with Gasteiger partial charge in [-0.2, -0.15) is 5.10 Å². The quantitative estimate of drug-likeness (QED) is 0.891. The fourth-order valence-electron chi connectivity index (χ4n) is 2.80. The fourth-order valence-corrected chi connectivity index (χ4v) is 3.20. The number of hydrogen-bond acceptors (Lipinski definition) is 2. The predicted molar refractivity (Wildman–Crippen MR) is 81.9 cm³/mol. The van der Waals surface area contributed by atoms with Crippen molar-refractivity contribution in [1.29, 1.82) is 0 Å². The maximum atomic E-state index is 6.13. The van der Waals surface area contributed by atoms with Gasteiger partial charge in [0.25, 0.3) is 0 Å². The van der Waals surface area contributed by atoms with Crippen molar-refractivity contribution in [3.05, 3.63) is 34.9 Å². The normalized spacial score (nSPS) is 16.7. The Kier molecular flexibility index (Phi) is 3.60. The number of rotatable bonds is 2. The highest BCUT2D eigenvalue weighted by Gasteiger charge is 2.18. The fraction of sp³-hybridized carbons (Fsp3) is 0.400. The van der Waals surface area contributed by atoms with Gasteiger partial charge in [0.1, 0.15) is 5.69 Å². The van der Waals surface area contributed by atoms with E-state index < -0.39 is 0 Å². The lowest BCUT2D eigenvalue weighted by molar-refractivity contribution is 0.330. The van der Waals surface area contributed by atoms with Gasteiger partial charge < -0.3 is 5.73 Å². The van der Waals surface area contributed by atoms with E-state index >= 15 is 0 Å². The molecule has 1 aromatic carbocycles. The molecule has 1 heterocycles. The first-order chi connectivity index (χ1) is 9.24. The average Bonchev–Trinajstić information content (AvgIpc) is 2.82. The van der Waals surface area contributed by atoms with E-state index in [-0.39, 0.29) is 0 Å². The van der Waals surface area contributed by atoms with E-state index in [2.05, 4.69) is 32.7 Å². The second-order valence-electron chi connectivity index (χ2n) is 5.22. The van der Waals surface area contributed by atoms with E-state index in [1.165, 1.54) is 32.1 Å². The standard InChI is InChI=1S/C15H18BrN3/c16-12-6-4-5-11(9-12)15-14(17)10-19(18-15)13-7-2-1-3-8-13/h4-6,9-10,13H,1-3,7-8,17H2. The van der Waals surface area contributed by atoms with Gasteiger partial charge in [0.2, 0.25) is 0 Å². The van der Waals surface area contributed by atoms with Gasteiger partial charge >= 0.3 is 0 Å². The highest BCUT2D eigenvalue weighted by atomic mass is 79.9.